The smallest absolute Gasteiger partial charge is 0.240 e. The Balaban J connectivity index is 2.52. The van der Waals surface area contributed by atoms with E-state index in [4.69, 9.17) is 4.74 Å². The van der Waals surface area contributed by atoms with Gasteiger partial charge in [-0.1, -0.05) is 0 Å². The van der Waals surface area contributed by atoms with Crippen LogP contribution in [0.4, 0.5) is 0 Å². The van der Waals surface area contributed by atoms with Gasteiger partial charge in [-0.2, -0.15) is 0 Å². The van der Waals surface area contributed by atoms with E-state index in [-0.39, 0.29) is 0 Å². The molecule has 2 rings (SSSR count). The summed E-state index contributed by atoms with van der Waals surface area (Å²) >= 11 is 0. The van der Waals surface area contributed by atoms with Crippen LogP contribution in [0.25, 0.3) is 0 Å². The number of hydrogen-bond acceptors (Lipinski definition) is 2. The Kier molecular flexibility index (Phi) is 2.08. The second-order valence-electron chi connectivity index (χ2n) is 3.36. The minimum absolute atomic E-state index is 0.903. The Hall–Kier alpha value is -1.25. The first-order valence-electron chi connectivity index (χ1n) is 4.62. The first kappa shape index (κ1) is 8.35. The van der Waals surface area contributed by atoms with Crippen LogP contribution in [0.1, 0.15) is 24.1 Å². The highest BCUT2D eigenvalue weighted by atomic mass is 16.5. The monoisotopic (exact) mass is 180 g/mol. The fourth-order valence-electron chi connectivity index (χ4n) is 1.93. The van der Waals surface area contributed by atoms with Crippen LogP contribution in [-0.4, -0.2) is 12.3 Å². The molecule has 0 saturated heterocycles. The van der Waals surface area contributed by atoms with Gasteiger partial charge in [0.1, 0.15) is 5.75 Å². The largest absolute Gasteiger partial charge is 0.496 e. The second-order valence-corrected chi connectivity index (χ2v) is 3.36. The molecule has 0 bridgehead atoms. The van der Waals surface area contributed by atoms with Gasteiger partial charge >= 0.3 is 0 Å². The Bertz CT molecular complexity index is 323. The van der Waals surface area contributed by atoms with E-state index >= 15 is 0 Å². The lowest BCUT2D eigenvalue weighted by molar-refractivity contribution is -0.910. The number of nitrogens with zero attached hydrogens (tertiary/aromatic N) is 1. The summed E-state index contributed by atoms with van der Waals surface area (Å²) in [5.74, 6) is 0.903. The molecule has 1 aliphatic rings. The van der Waals surface area contributed by atoms with Gasteiger partial charge in [-0.25, -0.2) is 0 Å². The third kappa shape index (κ3) is 1.34. The molecule has 0 atom stereocenters. The SMILES string of the molecule is COc1cc[n+](O)c2c1CCCC2. The quantitative estimate of drug-likeness (QED) is 0.518. The Morgan fingerprint density at radius 1 is 1.38 bits per heavy atom. The summed E-state index contributed by atoms with van der Waals surface area (Å²) < 4.78 is 6.46. The fourth-order valence-corrected chi connectivity index (χ4v) is 1.93. The molecule has 0 unspecified atom stereocenters. The van der Waals surface area contributed by atoms with E-state index in [0.29, 0.717) is 0 Å². The van der Waals surface area contributed by atoms with Crippen molar-refractivity contribution in [3.05, 3.63) is 23.5 Å². The van der Waals surface area contributed by atoms with E-state index in [9.17, 15) is 5.21 Å². The summed E-state index contributed by atoms with van der Waals surface area (Å²) in [4.78, 5) is 0. The maximum atomic E-state index is 9.54. The normalized spacial score (nSPS) is 15.2. The fraction of sp³-hybridized carbons (Fsp3) is 0.500. The molecule has 1 N–H and O–H groups in total. The molecular weight excluding hydrogens is 166 g/mol. The first-order valence-corrected chi connectivity index (χ1v) is 4.62. The van der Waals surface area contributed by atoms with Crippen LogP contribution in [0.15, 0.2) is 12.3 Å². The third-order valence-electron chi connectivity index (χ3n) is 2.60. The summed E-state index contributed by atoms with van der Waals surface area (Å²) in [6.07, 6.45) is 5.94. The van der Waals surface area contributed by atoms with Crippen molar-refractivity contribution in [3.63, 3.8) is 0 Å². The molecule has 3 nitrogen and oxygen atoms in total. The van der Waals surface area contributed by atoms with Gasteiger partial charge in [-0.3, -0.25) is 5.21 Å². The molecule has 0 spiro atoms. The zero-order chi connectivity index (χ0) is 9.26. The van der Waals surface area contributed by atoms with Gasteiger partial charge in [0.25, 0.3) is 0 Å². The molecule has 70 valence electrons. The third-order valence-corrected chi connectivity index (χ3v) is 2.60. The predicted octanol–water partition coefficient (Wildman–Crippen LogP) is 1.10. The zero-order valence-corrected chi connectivity index (χ0v) is 7.79. The van der Waals surface area contributed by atoms with Crippen LogP contribution in [0.2, 0.25) is 0 Å². The molecule has 0 aliphatic heterocycles. The average Bonchev–Trinajstić information content (AvgIpc) is 2.19. The standard InChI is InChI=1S/C10H14NO2/c1-13-10-6-7-11(12)9-5-3-2-4-8(9)10/h6-7,12H,2-5H2,1H3/q+1. The van der Waals surface area contributed by atoms with Crippen LogP contribution in [0.5, 0.6) is 5.75 Å². The minimum Gasteiger partial charge on any atom is -0.496 e. The average molecular weight is 180 g/mol. The maximum Gasteiger partial charge on any atom is 0.240 e. The van der Waals surface area contributed by atoms with Gasteiger partial charge in [0, 0.05) is 17.2 Å². The number of aromatic nitrogens is 1. The van der Waals surface area contributed by atoms with Gasteiger partial charge in [0.15, 0.2) is 0 Å². The molecule has 0 radical (unpaired) electrons. The molecule has 0 aromatic carbocycles. The lowest BCUT2D eigenvalue weighted by Crippen LogP contribution is -2.37. The predicted molar refractivity (Wildman–Crippen MR) is 47.0 cm³/mol. The minimum atomic E-state index is 0.903. The summed E-state index contributed by atoms with van der Waals surface area (Å²) in [6, 6.07) is 1.81. The topological polar surface area (TPSA) is 33.3 Å². The van der Waals surface area contributed by atoms with Crippen LogP contribution >= 0.6 is 0 Å². The highest BCUT2D eigenvalue weighted by Crippen LogP contribution is 2.26. The van der Waals surface area contributed by atoms with Crippen molar-refractivity contribution in [3.8, 4) is 5.75 Å². The van der Waals surface area contributed by atoms with E-state index in [1.807, 2.05) is 6.07 Å². The molecule has 0 amide bonds. The van der Waals surface area contributed by atoms with E-state index in [0.717, 1.165) is 30.7 Å². The Labute approximate surface area is 77.5 Å². The van der Waals surface area contributed by atoms with Crippen molar-refractivity contribution in [1.82, 2.24) is 0 Å². The lowest BCUT2D eigenvalue weighted by Gasteiger charge is -2.13. The molecule has 1 heterocycles. The second kappa shape index (κ2) is 3.24. The Morgan fingerprint density at radius 2 is 2.15 bits per heavy atom. The van der Waals surface area contributed by atoms with E-state index in [1.165, 1.54) is 16.7 Å². The number of hydrogen-bond donors (Lipinski definition) is 1. The molecule has 1 aliphatic carbocycles. The number of ether oxygens (including phenoxy) is 1. The van der Waals surface area contributed by atoms with Crippen LogP contribution in [0, 0.1) is 0 Å². The molecule has 3 heteroatoms. The molecule has 0 saturated carbocycles. The van der Waals surface area contributed by atoms with E-state index in [2.05, 4.69) is 0 Å². The number of methoxy groups -OCH3 is 1. The van der Waals surface area contributed by atoms with Crippen molar-refractivity contribution in [2.45, 2.75) is 25.7 Å². The summed E-state index contributed by atoms with van der Waals surface area (Å²) in [5.41, 5.74) is 2.17. The zero-order valence-electron chi connectivity index (χ0n) is 7.79. The molecule has 1 aromatic rings. The van der Waals surface area contributed by atoms with Gasteiger partial charge in [0.05, 0.1) is 12.7 Å². The van der Waals surface area contributed by atoms with Crippen molar-refractivity contribution in [2.75, 3.05) is 7.11 Å². The maximum absolute atomic E-state index is 9.54. The summed E-state index contributed by atoms with van der Waals surface area (Å²) in [5, 5.41) is 9.54. The summed E-state index contributed by atoms with van der Waals surface area (Å²) in [7, 11) is 1.67. The molecule has 1 aromatic heterocycles. The molecule has 0 fully saturated rings. The van der Waals surface area contributed by atoms with Crippen molar-refractivity contribution in [1.29, 1.82) is 0 Å². The lowest BCUT2D eigenvalue weighted by atomic mass is 9.95. The number of fused-ring (bicyclic) bond motifs is 1. The molecular formula is C10H14NO2+. The van der Waals surface area contributed by atoms with Gasteiger partial charge < -0.3 is 4.74 Å². The van der Waals surface area contributed by atoms with E-state index in [1.54, 1.807) is 13.3 Å². The van der Waals surface area contributed by atoms with Gasteiger partial charge in [0.2, 0.25) is 11.9 Å². The summed E-state index contributed by atoms with van der Waals surface area (Å²) in [6.45, 7) is 0. The highest BCUT2D eigenvalue weighted by molar-refractivity contribution is 5.34. The number of rotatable bonds is 1. The van der Waals surface area contributed by atoms with Crippen molar-refractivity contribution < 1.29 is 14.7 Å². The van der Waals surface area contributed by atoms with E-state index < -0.39 is 0 Å². The number of pyridine rings is 1. The highest BCUT2D eigenvalue weighted by Gasteiger charge is 2.23. The van der Waals surface area contributed by atoms with Crippen LogP contribution in [0.3, 0.4) is 0 Å². The van der Waals surface area contributed by atoms with Crippen molar-refractivity contribution >= 4 is 0 Å². The molecule has 13 heavy (non-hydrogen) atoms. The first-order chi connectivity index (χ1) is 6.33. The van der Waals surface area contributed by atoms with Gasteiger partial charge in [-0.15, -0.1) is 0 Å². The Morgan fingerprint density at radius 3 is 2.92 bits per heavy atom. The van der Waals surface area contributed by atoms with Crippen molar-refractivity contribution in [2.24, 2.45) is 0 Å². The van der Waals surface area contributed by atoms with Crippen LogP contribution < -0.4 is 9.47 Å². The van der Waals surface area contributed by atoms with Crippen LogP contribution in [-0.2, 0) is 12.8 Å². The van der Waals surface area contributed by atoms with Gasteiger partial charge in [-0.05, 0) is 19.3 Å².